The predicted octanol–water partition coefficient (Wildman–Crippen LogP) is 4.29. The first-order valence-corrected chi connectivity index (χ1v) is 14.4. The molecule has 7 unspecified atom stereocenters. The molecule has 3 aliphatic heterocycles. The molecule has 0 spiro atoms. The van der Waals surface area contributed by atoms with Crippen molar-refractivity contribution >= 4 is 5.97 Å². The highest BCUT2D eigenvalue weighted by Crippen LogP contribution is 2.84. The number of rotatable bonds is 7. The second-order valence-electron chi connectivity index (χ2n) is 13.2. The van der Waals surface area contributed by atoms with Crippen LogP contribution in [-0.2, 0) is 28.5 Å². The maximum absolute atomic E-state index is 13.9. The van der Waals surface area contributed by atoms with Crippen LogP contribution in [0.2, 0.25) is 0 Å². The van der Waals surface area contributed by atoms with Gasteiger partial charge in [0.25, 0.3) is 0 Å². The van der Waals surface area contributed by atoms with Gasteiger partial charge in [0.05, 0.1) is 32.0 Å². The molecule has 0 radical (unpaired) electrons. The Morgan fingerprint density at radius 1 is 1.21 bits per heavy atom. The van der Waals surface area contributed by atoms with Crippen molar-refractivity contribution < 1.29 is 33.6 Å². The molecular formula is C28H39N3O7. The van der Waals surface area contributed by atoms with Gasteiger partial charge in [-0.2, -0.15) is 0 Å². The van der Waals surface area contributed by atoms with Crippen LogP contribution in [0, 0.1) is 45.8 Å². The van der Waals surface area contributed by atoms with Gasteiger partial charge in [0.15, 0.2) is 12.6 Å². The van der Waals surface area contributed by atoms with Crippen molar-refractivity contribution in [3.8, 4) is 0 Å². The molecule has 6 fully saturated rings. The highest BCUT2D eigenvalue weighted by molar-refractivity contribution is 5.85. The van der Waals surface area contributed by atoms with Gasteiger partial charge < -0.3 is 28.8 Å². The molecule has 10 nitrogen and oxygen atoms in total. The zero-order chi connectivity index (χ0) is 26.6. The molecule has 4 aliphatic carbocycles. The van der Waals surface area contributed by atoms with E-state index in [1.54, 1.807) is 0 Å². The van der Waals surface area contributed by atoms with E-state index in [1.165, 1.54) is 0 Å². The van der Waals surface area contributed by atoms with Crippen molar-refractivity contribution in [2.45, 2.75) is 90.3 Å². The minimum absolute atomic E-state index is 0.0643. The van der Waals surface area contributed by atoms with Gasteiger partial charge in [-0.1, -0.05) is 44.0 Å². The number of allylic oxidation sites excluding steroid dienone is 1. The Hall–Kier alpha value is -1.68. The molecule has 0 aromatic rings. The van der Waals surface area contributed by atoms with E-state index < -0.39 is 34.8 Å². The molecule has 0 aromatic heterocycles. The van der Waals surface area contributed by atoms with E-state index in [0.29, 0.717) is 25.0 Å². The summed E-state index contributed by atoms with van der Waals surface area (Å²) < 4.78 is 31.2. The molecule has 7 rings (SSSR count). The largest absolute Gasteiger partial charge is 0.481 e. The molecule has 12 atom stereocenters. The van der Waals surface area contributed by atoms with Gasteiger partial charge in [0.1, 0.15) is 17.6 Å². The van der Waals surface area contributed by atoms with Crippen LogP contribution < -0.4 is 0 Å². The topological polar surface area (TPSA) is 136 Å². The highest BCUT2D eigenvalue weighted by Gasteiger charge is 2.86. The minimum Gasteiger partial charge on any atom is -0.481 e. The Morgan fingerprint density at radius 3 is 2.66 bits per heavy atom. The molecular weight excluding hydrogens is 490 g/mol. The normalized spacial score (nSPS) is 52.4. The SMILES string of the molecule is CC(C)C1=CC2CC3(C4OCCO4)C4CCC(C)C4CC2(CO[C@@H]2O[C@H](C)[C@@H](N=[N+]=[N-])[C@@H]4O[C@H]24)C13C(=O)O. The van der Waals surface area contributed by atoms with Gasteiger partial charge >= 0.3 is 5.97 Å². The molecule has 3 heterocycles. The molecule has 0 aromatic carbocycles. The third kappa shape index (κ3) is 2.87. The number of hydrogen-bond acceptors (Lipinski definition) is 7. The average molecular weight is 530 g/mol. The van der Waals surface area contributed by atoms with Crippen molar-refractivity contribution in [2.75, 3.05) is 19.8 Å². The lowest BCUT2D eigenvalue weighted by Crippen LogP contribution is -2.66. The van der Waals surface area contributed by atoms with E-state index in [-0.39, 0.29) is 48.7 Å². The van der Waals surface area contributed by atoms with Crippen LogP contribution in [0.5, 0.6) is 0 Å². The van der Waals surface area contributed by atoms with Gasteiger partial charge in [0, 0.05) is 15.7 Å². The Labute approximate surface area is 223 Å². The van der Waals surface area contributed by atoms with Crippen LogP contribution >= 0.6 is 0 Å². The minimum atomic E-state index is -1.13. The molecule has 38 heavy (non-hydrogen) atoms. The first-order valence-electron chi connectivity index (χ1n) is 14.4. The van der Waals surface area contributed by atoms with E-state index in [9.17, 15) is 9.90 Å². The first-order chi connectivity index (χ1) is 18.2. The molecule has 0 amide bonds. The van der Waals surface area contributed by atoms with Gasteiger partial charge in [-0.05, 0) is 61.3 Å². The van der Waals surface area contributed by atoms with E-state index in [4.69, 9.17) is 29.2 Å². The van der Waals surface area contributed by atoms with Gasteiger partial charge in [-0.3, -0.25) is 4.79 Å². The maximum atomic E-state index is 13.9. The fourth-order valence-electron chi connectivity index (χ4n) is 10.4. The number of epoxide rings is 1. The summed E-state index contributed by atoms with van der Waals surface area (Å²) in [5.74, 6) is 0.532. The number of carbonyl (C=O) groups is 1. The smallest absolute Gasteiger partial charge is 0.315 e. The fourth-order valence-corrected chi connectivity index (χ4v) is 10.4. The number of aliphatic carboxylic acids is 1. The summed E-state index contributed by atoms with van der Waals surface area (Å²) in [5, 5.41) is 15.3. The van der Waals surface area contributed by atoms with Gasteiger partial charge in [-0.25, -0.2) is 0 Å². The van der Waals surface area contributed by atoms with Crippen molar-refractivity contribution in [3.05, 3.63) is 22.1 Å². The van der Waals surface area contributed by atoms with Crippen molar-refractivity contribution in [1.29, 1.82) is 0 Å². The Balaban J connectivity index is 1.31. The molecule has 1 N–H and O–H groups in total. The molecule has 7 aliphatic rings. The molecule has 4 bridgehead atoms. The quantitative estimate of drug-likeness (QED) is 0.171. The third-order valence-electron chi connectivity index (χ3n) is 11.6. The van der Waals surface area contributed by atoms with Crippen molar-refractivity contribution in [1.82, 2.24) is 0 Å². The number of carboxylic acid groups (broad SMARTS) is 1. The fraction of sp³-hybridized carbons (Fsp3) is 0.893. The summed E-state index contributed by atoms with van der Waals surface area (Å²) >= 11 is 0. The Kier molecular flexibility index (Phi) is 5.60. The zero-order valence-electron chi connectivity index (χ0n) is 22.6. The number of fused-ring (bicyclic) bond motifs is 3. The van der Waals surface area contributed by atoms with Crippen LogP contribution in [-0.4, -0.2) is 67.8 Å². The van der Waals surface area contributed by atoms with Crippen LogP contribution in [0.25, 0.3) is 10.4 Å². The Morgan fingerprint density at radius 2 is 1.97 bits per heavy atom. The number of hydrogen-bond donors (Lipinski definition) is 1. The van der Waals surface area contributed by atoms with Crippen molar-refractivity contribution in [3.63, 3.8) is 0 Å². The van der Waals surface area contributed by atoms with Crippen LogP contribution in [0.1, 0.15) is 53.4 Å². The first kappa shape index (κ1) is 25.3. The summed E-state index contributed by atoms with van der Waals surface area (Å²) in [6.45, 7) is 9.71. The van der Waals surface area contributed by atoms with Crippen LogP contribution in [0.15, 0.2) is 16.8 Å². The van der Waals surface area contributed by atoms with Crippen molar-refractivity contribution in [2.24, 2.45) is 50.9 Å². The van der Waals surface area contributed by atoms with Crippen LogP contribution in [0.4, 0.5) is 0 Å². The van der Waals surface area contributed by atoms with E-state index in [1.807, 2.05) is 6.92 Å². The summed E-state index contributed by atoms with van der Waals surface area (Å²) in [4.78, 5) is 16.9. The average Bonchev–Trinajstić information content (AvgIpc) is 3.16. The monoisotopic (exact) mass is 529 g/mol. The molecule has 208 valence electrons. The lowest BCUT2D eigenvalue weighted by atomic mass is 9.42. The third-order valence-corrected chi connectivity index (χ3v) is 11.6. The summed E-state index contributed by atoms with van der Waals surface area (Å²) in [6.07, 6.45) is 3.95. The molecule has 3 saturated heterocycles. The van der Waals surface area contributed by atoms with Gasteiger partial charge in [-0.15, -0.1) is 0 Å². The van der Waals surface area contributed by atoms with E-state index >= 15 is 0 Å². The number of ether oxygens (including phenoxy) is 5. The summed E-state index contributed by atoms with van der Waals surface area (Å²) in [5.41, 5.74) is 7.58. The van der Waals surface area contributed by atoms with Gasteiger partial charge in [0.2, 0.25) is 0 Å². The molecule has 10 heteroatoms. The standard InChI is InChI=1S/C28H39N3O7/c1-13(2)19-9-16-10-27(25-34-7-8-35-25)18-6-5-14(3)17(18)11-26(16,28(19,27)24(32)33)12-36-23-22-21(38-22)20(30-31-29)15(4)37-23/h9,13-18,20-23,25H,5-8,10-12H2,1-4H3,(H,32,33)/t14?,15-,16?,17?,18?,20-,21+,22+,23-,26?,27?,28?/m1/s1. The van der Waals surface area contributed by atoms with E-state index in [2.05, 4.69) is 36.9 Å². The number of azide groups is 1. The van der Waals surface area contributed by atoms with E-state index in [0.717, 1.165) is 31.3 Å². The van der Waals surface area contributed by atoms with Crippen LogP contribution in [0.3, 0.4) is 0 Å². The predicted molar refractivity (Wildman–Crippen MR) is 134 cm³/mol. The second kappa shape index (κ2) is 8.41. The highest BCUT2D eigenvalue weighted by atomic mass is 16.7. The molecule has 3 saturated carbocycles. The lowest BCUT2D eigenvalue weighted by molar-refractivity contribution is -0.258. The Bertz CT molecular complexity index is 1100. The summed E-state index contributed by atoms with van der Waals surface area (Å²) in [7, 11) is 0. The number of carboxylic acids is 1. The lowest BCUT2D eigenvalue weighted by Gasteiger charge is -2.61. The zero-order valence-corrected chi connectivity index (χ0v) is 22.6. The maximum Gasteiger partial charge on any atom is 0.315 e. The summed E-state index contributed by atoms with van der Waals surface area (Å²) in [6, 6.07) is -0.385. The second-order valence-corrected chi connectivity index (χ2v) is 13.2. The number of nitrogens with zero attached hydrogens (tertiary/aromatic N) is 3.